The summed E-state index contributed by atoms with van der Waals surface area (Å²) in [5.41, 5.74) is 17.5. The fourth-order valence-corrected chi connectivity index (χ4v) is 8.91. The Morgan fingerprint density at radius 2 is 1.20 bits per heavy atom. The van der Waals surface area contributed by atoms with E-state index in [0.29, 0.717) is 0 Å². The lowest BCUT2D eigenvalue weighted by Crippen LogP contribution is -2.09. The van der Waals surface area contributed by atoms with E-state index in [9.17, 15) is 0 Å². The van der Waals surface area contributed by atoms with Gasteiger partial charge < -0.3 is 0 Å². The van der Waals surface area contributed by atoms with Gasteiger partial charge >= 0.3 is 0 Å². The molecule has 0 spiro atoms. The number of para-hydroxylation sites is 1. The SMILES string of the molecule is C=C/C=C\C1=C(C)Cc2nc(-c3cccc(C)c3C)c(-n3c4ccccc4c4c5ccccc5c(-c5cc6ccccc6cc5C)c(C)c43)nc21.C=CCC.CC.CC.Cc1ccccc1. The first kappa shape index (κ1) is 48.4. The smallest absolute Gasteiger partial charge is 0.165 e. The highest BCUT2D eigenvalue weighted by Gasteiger charge is 2.29. The van der Waals surface area contributed by atoms with Crippen LogP contribution in [0.1, 0.15) is 87.2 Å². The van der Waals surface area contributed by atoms with Gasteiger partial charge in [0.15, 0.2) is 5.82 Å². The molecule has 1 aliphatic rings. The van der Waals surface area contributed by atoms with Crippen LogP contribution in [0.2, 0.25) is 0 Å². The highest BCUT2D eigenvalue weighted by molar-refractivity contribution is 6.26. The van der Waals surface area contributed by atoms with Crippen molar-refractivity contribution in [1.82, 2.24) is 14.5 Å². The molecule has 10 rings (SSSR count). The van der Waals surface area contributed by atoms with Gasteiger partial charge in [0.05, 0.1) is 22.4 Å². The third-order valence-electron chi connectivity index (χ3n) is 12.2. The summed E-state index contributed by atoms with van der Waals surface area (Å²) in [6, 6.07) is 47.9. The van der Waals surface area contributed by atoms with Crippen molar-refractivity contribution >= 4 is 48.9 Å². The summed E-state index contributed by atoms with van der Waals surface area (Å²) in [6.07, 6.45) is 9.70. The Hall–Kier alpha value is -7.10. The predicted molar refractivity (Wildman–Crippen MR) is 291 cm³/mol. The molecule has 66 heavy (non-hydrogen) atoms. The van der Waals surface area contributed by atoms with Crippen LogP contribution in [0, 0.1) is 34.6 Å². The van der Waals surface area contributed by atoms with Gasteiger partial charge in [-0.15, -0.1) is 6.58 Å². The summed E-state index contributed by atoms with van der Waals surface area (Å²) < 4.78 is 2.42. The molecule has 7 aromatic carbocycles. The zero-order chi connectivity index (χ0) is 47.5. The topological polar surface area (TPSA) is 30.7 Å². The van der Waals surface area contributed by atoms with Crippen LogP contribution < -0.4 is 0 Å². The molecule has 3 heteroatoms. The van der Waals surface area contributed by atoms with Crippen LogP contribution in [-0.2, 0) is 6.42 Å². The first-order valence-corrected chi connectivity index (χ1v) is 23.7. The number of rotatable bonds is 6. The minimum absolute atomic E-state index is 0.777. The summed E-state index contributed by atoms with van der Waals surface area (Å²) in [7, 11) is 0. The summed E-state index contributed by atoms with van der Waals surface area (Å²) in [4.78, 5) is 11.2. The molecule has 0 bridgehead atoms. The number of fused-ring (bicyclic) bond motifs is 7. The minimum Gasteiger partial charge on any atom is -0.292 e. The van der Waals surface area contributed by atoms with Gasteiger partial charge in [-0.3, -0.25) is 4.57 Å². The fourth-order valence-electron chi connectivity index (χ4n) is 8.91. The maximum absolute atomic E-state index is 5.67. The second-order valence-corrected chi connectivity index (χ2v) is 16.4. The van der Waals surface area contributed by atoms with Crippen LogP contribution in [0.25, 0.3) is 77.1 Å². The van der Waals surface area contributed by atoms with Crippen molar-refractivity contribution in [3.63, 3.8) is 0 Å². The molecular weight excluding hydrogens is 799 g/mol. The van der Waals surface area contributed by atoms with Crippen molar-refractivity contribution in [1.29, 1.82) is 0 Å². The number of allylic oxidation sites excluding steroid dienone is 6. The van der Waals surface area contributed by atoms with Gasteiger partial charge in [-0.05, 0) is 115 Å². The molecule has 0 amide bonds. The van der Waals surface area contributed by atoms with E-state index in [4.69, 9.17) is 9.97 Å². The molecular formula is C63H67N3. The van der Waals surface area contributed by atoms with Crippen LogP contribution in [0.5, 0.6) is 0 Å². The molecule has 1 aliphatic carbocycles. The van der Waals surface area contributed by atoms with E-state index in [-0.39, 0.29) is 0 Å². The Kier molecular flexibility index (Phi) is 16.3. The van der Waals surface area contributed by atoms with Gasteiger partial charge in [0, 0.05) is 28.3 Å². The molecule has 0 unspecified atom stereocenters. The Morgan fingerprint density at radius 1 is 0.591 bits per heavy atom. The maximum atomic E-state index is 5.67. The van der Waals surface area contributed by atoms with Gasteiger partial charge in [0.25, 0.3) is 0 Å². The largest absolute Gasteiger partial charge is 0.292 e. The molecule has 0 saturated carbocycles. The molecule has 2 aromatic heterocycles. The monoisotopic (exact) mass is 866 g/mol. The molecule has 0 fully saturated rings. The third kappa shape index (κ3) is 9.49. The second-order valence-electron chi connectivity index (χ2n) is 16.4. The van der Waals surface area contributed by atoms with E-state index >= 15 is 0 Å². The van der Waals surface area contributed by atoms with Crippen LogP contribution in [0.3, 0.4) is 0 Å². The van der Waals surface area contributed by atoms with Gasteiger partial charge in [-0.2, -0.15) is 0 Å². The number of benzene rings is 7. The van der Waals surface area contributed by atoms with Crippen LogP contribution in [-0.4, -0.2) is 14.5 Å². The molecule has 0 N–H and O–H groups in total. The van der Waals surface area contributed by atoms with Crippen molar-refractivity contribution < 1.29 is 0 Å². The van der Waals surface area contributed by atoms with E-state index < -0.39 is 0 Å². The Balaban J connectivity index is 0.000000419. The Bertz CT molecular complexity index is 3230. The average Bonchev–Trinajstić information content (AvgIpc) is 3.86. The summed E-state index contributed by atoms with van der Waals surface area (Å²) in [5.74, 6) is 0.854. The lowest BCUT2D eigenvalue weighted by molar-refractivity contribution is 0.986. The standard InChI is InChI=1S/C48H39N3.C7H8.C4H8.2C2H6/c1-7-8-19-35-30(4)26-41-45(35)50-48(46(49-41)36-23-15-16-28(2)31(36)5)51-42-24-14-13-22-39(42)44-38-21-12-11-20-37(38)43(32(6)47(44)51)40-27-34-18-10-9-17-33(34)25-29(40)3;1-7-5-3-2-4-6-7;1-3-4-2;2*1-2/h7-25,27H,1,26H2,2-6H3;2-6H,1H3;3H,1,4H2,2H3;2*1-2H3/b19-8-;;;;. The quantitative estimate of drug-likeness (QED) is 0.123. The number of hydrogen-bond donors (Lipinski definition) is 0. The number of hydrogen-bond acceptors (Lipinski definition) is 2. The lowest BCUT2D eigenvalue weighted by atomic mass is 9.87. The zero-order valence-electron chi connectivity index (χ0n) is 41.2. The third-order valence-corrected chi connectivity index (χ3v) is 12.2. The van der Waals surface area contributed by atoms with E-state index in [1.165, 1.54) is 82.4 Å². The molecule has 0 saturated heterocycles. The highest BCUT2D eigenvalue weighted by Crippen LogP contribution is 2.47. The molecule has 0 aliphatic heterocycles. The highest BCUT2D eigenvalue weighted by atomic mass is 15.1. The molecule has 9 aromatic rings. The number of nitrogens with zero attached hydrogens (tertiary/aromatic N) is 3. The molecule has 2 heterocycles. The molecule has 3 nitrogen and oxygen atoms in total. The molecule has 0 atom stereocenters. The average molecular weight is 866 g/mol. The second kappa shape index (κ2) is 22.2. The number of aromatic nitrogens is 3. The first-order chi connectivity index (χ1) is 32.2. The van der Waals surface area contributed by atoms with Gasteiger partial charge in [0.1, 0.15) is 5.69 Å². The maximum Gasteiger partial charge on any atom is 0.165 e. The van der Waals surface area contributed by atoms with Crippen molar-refractivity contribution in [3.05, 3.63) is 216 Å². The van der Waals surface area contributed by atoms with E-state index in [0.717, 1.165) is 52.4 Å². The fraction of sp³-hybridized carbons (Fsp3) is 0.206. The summed E-state index contributed by atoms with van der Waals surface area (Å²) in [6.45, 7) is 30.7. The zero-order valence-corrected chi connectivity index (χ0v) is 41.2. The van der Waals surface area contributed by atoms with Gasteiger partial charge in [-0.1, -0.05) is 198 Å². The summed E-state index contributed by atoms with van der Waals surface area (Å²) >= 11 is 0. The first-order valence-electron chi connectivity index (χ1n) is 23.7. The van der Waals surface area contributed by atoms with Gasteiger partial charge in [-0.25, -0.2) is 9.97 Å². The van der Waals surface area contributed by atoms with Crippen molar-refractivity contribution in [2.75, 3.05) is 0 Å². The van der Waals surface area contributed by atoms with Crippen molar-refractivity contribution in [2.45, 2.75) is 89.0 Å². The van der Waals surface area contributed by atoms with Crippen LogP contribution >= 0.6 is 0 Å². The Labute approximate surface area is 394 Å². The summed E-state index contributed by atoms with van der Waals surface area (Å²) in [5, 5.41) is 7.45. The van der Waals surface area contributed by atoms with Gasteiger partial charge in [0.2, 0.25) is 0 Å². The Morgan fingerprint density at radius 3 is 1.83 bits per heavy atom. The van der Waals surface area contributed by atoms with Crippen LogP contribution in [0.15, 0.2) is 176 Å². The minimum atomic E-state index is 0.777. The van der Waals surface area contributed by atoms with E-state index in [1.807, 2.05) is 64.1 Å². The van der Waals surface area contributed by atoms with Crippen LogP contribution in [0.4, 0.5) is 0 Å². The lowest BCUT2D eigenvalue weighted by Gasteiger charge is -2.20. The van der Waals surface area contributed by atoms with E-state index in [1.54, 1.807) is 0 Å². The predicted octanol–water partition coefficient (Wildman–Crippen LogP) is 18.1. The van der Waals surface area contributed by atoms with Crippen molar-refractivity contribution in [2.24, 2.45) is 0 Å². The molecule has 334 valence electrons. The number of aryl methyl sites for hydroxylation is 4. The molecule has 0 radical (unpaired) electrons. The van der Waals surface area contributed by atoms with E-state index in [2.05, 4.69) is 188 Å². The van der Waals surface area contributed by atoms with Crippen molar-refractivity contribution in [3.8, 4) is 28.2 Å². The normalized spacial score (nSPS) is 11.6.